The molecule has 0 spiro atoms. The van der Waals surface area contributed by atoms with Gasteiger partial charge in [-0.25, -0.2) is 27.0 Å². The number of amides is 1. The van der Waals surface area contributed by atoms with Crippen LogP contribution < -0.4 is 5.32 Å². The lowest BCUT2D eigenvalue weighted by Crippen LogP contribution is -2.39. The molecule has 10 heteroatoms. The summed E-state index contributed by atoms with van der Waals surface area (Å²) in [6.45, 7) is 7.21. The second kappa shape index (κ2) is 9.42. The molecule has 1 amide bonds. The van der Waals surface area contributed by atoms with Crippen LogP contribution in [0.3, 0.4) is 0 Å². The van der Waals surface area contributed by atoms with Crippen molar-refractivity contribution in [1.82, 2.24) is 14.3 Å². The highest BCUT2D eigenvalue weighted by Gasteiger charge is 2.29. The molecule has 0 saturated carbocycles. The third-order valence-corrected chi connectivity index (χ3v) is 7.57. The Bertz CT molecular complexity index is 1460. The maximum atomic E-state index is 13.4. The number of allylic oxidation sites excluding steroid dienone is 1. The first-order valence-electron chi connectivity index (χ1n) is 11.6. The van der Waals surface area contributed by atoms with Crippen LogP contribution in [0.5, 0.6) is 0 Å². The SMILES string of the molecule is Cc1ccc(S(=O)(=O)n2cc(C(=O)O)c3c(C4=CCCC(NC(=O)OC(C)(C)C)C4)ccnc32)cc1. The van der Waals surface area contributed by atoms with Crippen molar-refractivity contribution >= 4 is 38.7 Å². The zero-order valence-corrected chi connectivity index (χ0v) is 21.4. The smallest absolute Gasteiger partial charge is 0.407 e. The van der Waals surface area contributed by atoms with Crippen molar-refractivity contribution in [2.45, 2.75) is 63.5 Å². The number of benzene rings is 1. The van der Waals surface area contributed by atoms with Crippen LogP contribution in [-0.2, 0) is 14.8 Å². The van der Waals surface area contributed by atoms with Crippen LogP contribution >= 0.6 is 0 Å². The second-order valence-electron chi connectivity index (χ2n) is 9.87. The molecule has 1 atom stereocenters. The Labute approximate surface area is 209 Å². The van der Waals surface area contributed by atoms with Crippen molar-refractivity contribution in [3.63, 3.8) is 0 Å². The van der Waals surface area contributed by atoms with E-state index in [-0.39, 0.29) is 27.5 Å². The lowest BCUT2D eigenvalue weighted by atomic mass is 9.88. The number of aromatic nitrogens is 2. The fourth-order valence-corrected chi connectivity index (χ4v) is 5.61. The normalized spacial score (nSPS) is 16.4. The van der Waals surface area contributed by atoms with E-state index in [2.05, 4.69) is 10.3 Å². The minimum atomic E-state index is -4.09. The first-order valence-corrected chi connectivity index (χ1v) is 13.1. The van der Waals surface area contributed by atoms with E-state index in [0.29, 0.717) is 24.8 Å². The van der Waals surface area contributed by atoms with Gasteiger partial charge in [-0.2, -0.15) is 0 Å². The molecule has 0 aliphatic heterocycles. The van der Waals surface area contributed by atoms with Gasteiger partial charge >= 0.3 is 12.1 Å². The second-order valence-corrected chi connectivity index (χ2v) is 11.7. The van der Waals surface area contributed by atoms with Crippen LogP contribution in [0.1, 0.15) is 61.5 Å². The largest absolute Gasteiger partial charge is 0.478 e. The van der Waals surface area contributed by atoms with Crippen LogP contribution in [0.15, 0.2) is 53.7 Å². The number of rotatable bonds is 5. The number of nitrogens with zero attached hydrogens (tertiary/aromatic N) is 2. The molecule has 0 bridgehead atoms. The number of aryl methyl sites for hydroxylation is 1. The quantitative estimate of drug-likeness (QED) is 0.506. The highest BCUT2D eigenvalue weighted by Crippen LogP contribution is 2.35. The maximum Gasteiger partial charge on any atom is 0.407 e. The average Bonchev–Trinajstić information content (AvgIpc) is 3.19. The van der Waals surface area contributed by atoms with E-state index < -0.39 is 27.7 Å². The summed E-state index contributed by atoms with van der Waals surface area (Å²) in [6, 6.07) is 7.80. The molecule has 3 aromatic rings. The number of hydrogen-bond acceptors (Lipinski definition) is 6. The van der Waals surface area contributed by atoms with Crippen molar-refractivity contribution < 1.29 is 27.9 Å². The molecular weight excluding hydrogens is 482 g/mol. The number of carbonyl (C=O) groups is 2. The van der Waals surface area contributed by atoms with Crippen molar-refractivity contribution in [2.24, 2.45) is 0 Å². The van der Waals surface area contributed by atoms with E-state index in [1.807, 2.05) is 13.0 Å². The van der Waals surface area contributed by atoms with Crippen molar-refractivity contribution in [2.75, 3.05) is 0 Å². The Balaban J connectivity index is 1.75. The van der Waals surface area contributed by atoms with Gasteiger partial charge in [0.25, 0.3) is 10.0 Å². The topological polar surface area (TPSA) is 128 Å². The number of carboxylic acid groups (broad SMARTS) is 1. The summed E-state index contributed by atoms with van der Waals surface area (Å²) in [6.07, 6.45) is 5.84. The number of carboxylic acids is 1. The molecule has 1 aliphatic rings. The number of carbonyl (C=O) groups excluding carboxylic acids is 1. The number of hydrogen-bond donors (Lipinski definition) is 2. The van der Waals surface area contributed by atoms with E-state index in [9.17, 15) is 23.1 Å². The molecule has 36 heavy (non-hydrogen) atoms. The number of alkyl carbamates (subject to hydrolysis) is 1. The summed E-state index contributed by atoms with van der Waals surface area (Å²) >= 11 is 0. The van der Waals surface area contributed by atoms with Gasteiger partial charge < -0.3 is 15.2 Å². The summed E-state index contributed by atoms with van der Waals surface area (Å²) < 4.78 is 33.1. The van der Waals surface area contributed by atoms with Crippen molar-refractivity contribution in [3.8, 4) is 0 Å². The number of nitrogens with one attached hydrogen (secondary N) is 1. The molecule has 1 aliphatic carbocycles. The molecule has 0 saturated heterocycles. The van der Waals surface area contributed by atoms with Gasteiger partial charge in [0.2, 0.25) is 0 Å². The lowest BCUT2D eigenvalue weighted by molar-refractivity contribution is 0.0501. The molecular formula is C26H29N3O6S. The Morgan fingerprint density at radius 3 is 2.50 bits per heavy atom. The third kappa shape index (κ3) is 5.13. The maximum absolute atomic E-state index is 13.4. The molecule has 0 fully saturated rings. The van der Waals surface area contributed by atoms with Crippen LogP contribution in [0.4, 0.5) is 4.79 Å². The summed E-state index contributed by atoms with van der Waals surface area (Å²) in [7, 11) is -4.09. The van der Waals surface area contributed by atoms with Crippen molar-refractivity contribution in [1.29, 1.82) is 0 Å². The lowest BCUT2D eigenvalue weighted by Gasteiger charge is -2.26. The number of fused-ring (bicyclic) bond motifs is 1. The van der Waals surface area contributed by atoms with E-state index in [0.717, 1.165) is 21.3 Å². The summed E-state index contributed by atoms with van der Waals surface area (Å²) in [4.78, 5) is 28.8. The first-order chi connectivity index (χ1) is 16.9. The van der Waals surface area contributed by atoms with Gasteiger partial charge in [0.1, 0.15) is 5.60 Å². The van der Waals surface area contributed by atoms with Gasteiger partial charge in [0.05, 0.1) is 10.5 Å². The van der Waals surface area contributed by atoms with Gasteiger partial charge in [-0.3, -0.25) is 0 Å². The molecule has 1 unspecified atom stereocenters. The fraction of sp³-hybridized carbons (Fsp3) is 0.346. The molecule has 4 rings (SSSR count). The van der Waals surface area contributed by atoms with E-state index in [4.69, 9.17) is 4.74 Å². The molecule has 1 aromatic carbocycles. The third-order valence-electron chi connectivity index (χ3n) is 5.90. The zero-order valence-electron chi connectivity index (χ0n) is 20.6. The summed E-state index contributed by atoms with van der Waals surface area (Å²) in [5.74, 6) is -1.26. The minimum Gasteiger partial charge on any atom is -0.478 e. The van der Waals surface area contributed by atoms with Gasteiger partial charge in [-0.15, -0.1) is 0 Å². The molecule has 190 valence electrons. The summed E-state index contributed by atoms with van der Waals surface area (Å²) in [5, 5.41) is 13.1. The minimum absolute atomic E-state index is 0.0349. The van der Waals surface area contributed by atoms with E-state index in [1.54, 1.807) is 39.0 Å². The van der Waals surface area contributed by atoms with Crippen LogP contribution in [-0.4, -0.2) is 46.2 Å². The Morgan fingerprint density at radius 2 is 1.86 bits per heavy atom. The number of ether oxygens (including phenoxy) is 1. The first kappa shape index (κ1) is 25.4. The Morgan fingerprint density at radius 1 is 1.17 bits per heavy atom. The average molecular weight is 512 g/mol. The summed E-state index contributed by atoms with van der Waals surface area (Å²) in [5.41, 5.74) is 1.53. The van der Waals surface area contributed by atoms with E-state index in [1.165, 1.54) is 18.3 Å². The highest BCUT2D eigenvalue weighted by molar-refractivity contribution is 7.90. The van der Waals surface area contributed by atoms with Gasteiger partial charge in [0.15, 0.2) is 5.65 Å². The fourth-order valence-electron chi connectivity index (χ4n) is 4.29. The highest BCUT2D eigenvalue weighted by atomic mass is 32.2. The molecule has 2 N–H and O–H groups in total. The number of pyridine rings is 1. The van der Waals surface area contributed by atoms with Crippen LogP contribution in [0.2, 0.25) is 0 Å². The Hall–Kier alpha value is -3.66. The molecule has 9 nitrogen and oxygen atoms in total. The van der Waals surface area contributed by atoms with Crippen molar-refractivity contribution in [3.05, 3.63) is 65.5 Å². The molecule has 2 aromatic heterocycles. The van der Waals surface area contributed by atoms with Gasteiger partial charge in [-0.05, 0) is 76.3 Å². The Kier molecular flexibility index (Phi) is 6.66. The van der Waals surface area contributed by atoms with E-state index >= 15 is 0 Å². The zero-order chi connectivity index (χ0) is 26.3. The number of aromatic carboxylic acids is 1. The molecule has 2 heterocycles. The molecule has 0 radical (unpaired) electrons. The van der Waals surface area contributed by atoms with Gasteiger partial charge in [0, 0.05) is 23.8 Å². The van der Waals surface area contributed by atoms with Gasteiger partial charge in [-0.1, -0.05) is 23.8 Å². The monoisotopic (exact) mass is 511 g/mol. The standard InChI is InChI=1S/C26H29N3O6S/c1-16-8-10-19(11-9-16)36(33,34)29-15-21(24(30)31)22-20(12-13-27-23(22)29)17-6-5-7-18(14-17)28-25(32)35-26(2,3)4/h6,8-13,15,18H,5,7,14H2,1-4H3,(H,28,32)(H,30,31). The predicted molar refractivity (Wildman–Crippen MR) is 135 cm³/mol. The van der Waals surface area contributed by atoms with Crippen LogP contribution in [0, 0.1) is 6.92 Å². The predicted octanol–water partition coefficient (Wildman–Crippen LogP) is 4.74. The van der Waals surface area contributed by atoms with Crippen LogP contribution in [0.25, 0.3) is 16.6 Å².